The van der Waals surface area contributed by atoms with Gasteiger partial charge >= 0.3 is 0 Å². The van der Waals surface area contributed by atoms with Crippen LogP contribution in [0.25, 0.3) is 11.0 Å². The molecule has 0 atom stereocenters. The van der Waals surface area contributed by atoms with Crippen LogP contribution in [0.5, 0.6) is 0 Å². The molecule has 1 aromatic heterocycles. The van der Waals surface area contributed by atoms with Gasteiger partial charge in [-0.05, 0) is 18.6 Å². The van der Waals surface area contributed by atoms with Gasteiger partial charge in [0.05, 0.1) is 13.1 Å². The second-order valence-electron chi connectivity index (χ2n) is 4.99. The summed E-state index contributed by atoms with van der Waals surface area (Å²) in [7, 11) is 0. The van der Waals surface area contributed by atoms with Crippen LogP contribution >= 0.6 is 0 Å². The summed E-state index contributed by atoms with van der Waals surface area (Å²) in [5.74, 6) is 0.242. The summed E-state index contributed by atoms with van der Waals surface area (Å²) in [6.45, 7) is 1.90. The Bertz CT molecular complexity index is 614. The van der Waals surface area contributed by atoms with Crippen molar-refractivity contribution in [3.8, 4) is 0 Å². The molecule has 20 heavy (non-hydrogen) atoms. The number of ketones is 1. The molecule has 5 nitrogen and oxygen atoms in total. The van der Waals surface area contributed by atoms with Crippen LogP contribution in [0.4, 0.5) is 0 Å². The van der Waals surface area contributed by atoms with E-state index in [1.54, 1.807) is 6.07 Å². The number of carbonyl (C=O) groups is 2. The van der Waals surface area contributed by atoms with Crippen LogP contribution in [0, 0.1) is 0 Å². The van der Waals surface area contributed by atoms with Crippen LogP contribution in [0.2, 0.25) is 0 Å². The zero-order chi connectivity index (χ0) is 13.9. The third kappa shape index (κ3) is 2.72. The summed E-state index contributed by atoms with van der Waals surface area (Å²) in [4.78, 5) is 25.6. The van der Waals surface area contributed by atoms with E-state index in [4.69, 9.17) is 4.42 Å². The molecule has 2 heterocycles. The molecule has 0 saturated carbocycles. The van der Waals surface area contributed by atoms with Crippen molar-refractivity contribution >= 4 is 22.7 Å². The van der Waals surface area contributed by atoms with Gasteiger partial charge in [-0.3, -0.25) is 14.5 Å². The first-order valence-corrected chi connectivity index (χ1v) is 6.73. The van der Waals surface area contributed by atoms with E-state index in [1.807, 2.05) is 29.2 Å². The number of rotatable bonds is 3. The van der Waals surface area contributed by atoms with Crippen LogP contribution in [0.1, 0.15) is 17.0 Å². The fourth-order valence-corrected chi connectivity index (χ4v) is 2.40. The number of amides is 1. The maximum absolute atomic E-state index is 12.2. The fourth-order valence-electron chi connectivity index (χ4n) is 2.40. The average Bonchev–Trinajstić information content (AvgIpc) is 2.77. The number of nitrogens with one attached hydrogen (secondary N) is 1. The molecule has 0 unspecified atom stereocenters. The number of hydrogen-bond acceptors (Lipinski definition) is 4. The summed E-state index contributed by atoms with van der Waals surface area (Å²) in [5, 5.41) is 3.71. The molecule has 1 N–H and O–H groups in total. The summed E-state index contributed by atoms with van der Waals surface area (Å²) < 4.78 is 5.55. The van der Waals surface area contributed by atoms with Crippen molar-refractivity contribution in [1.82, 2.24) is 10.2 Å². The average molecular weight is 272 g/mol. The zero-order valence-corrected chi connectivity index (χ0v) is 11.1. The molecule has 5 heteroatoms. The van der Waals surface area contributed by atoms with E-state index >= 15 is 0 Å². The standard InChI is InChI=1S/C15H16N2O3/c18-12(9-17-7-3-6-16-15(19)10-17)14-8-11-4-1-2-5-13(11)20-14/h1-2,4-5,8H,3,6-7,9-10H2,(H,16,19). The Morgan fingerprint density at radius 2 is 2.20 bits per heavy atom. The quantitative estimate of drug-likeness (QED) is 0.859. The number of nitrogens with zero attached hydrogens (tertiary/aromatic N) is 1. The minimum absolute atomic E-state index is 0.0279. The van der Waals surface area contributed by atoms with E-state index in [-0.39, 0.29) is 24.8 Å². The van der Waals surface area contributed by atoms with Crippen molar-refractivity contribution < 1.29 is 14.0 Å². The van der Waals surface area contributed by atoms with E-state index in [2.05, 4.69) is 5.32 Å². The third-order valence-corrected chi connectivity index (χ3v) is 3.41. The van der Waals surface area contributed by atoms with E-state index in [0.29, 0.717) is 17.9 Å². The largest absolute Gasteiger partial charge is 0.453 e. The number of furan rings is 1. The Morgan fingerprint density at radius 3 is 3.05 bits per heavy atom. The molecule has 0 radical (unpaired) electrons. The van der Waals surface area contributed by atoms with E-state index < -0.39 is 0 Å². The van der Waals surface area contributed by atoms with Crippen LogP contribution in [0.15, 0.2) is 34.7 Å². The molecule has 3 rings (SSSR count). The van der Waals surface area contributed by atoms with Crippen LogP contribution in [-0.4, -0.2) is 42.8 Å². The summed E-state index contributed by atoms with van der Waals surface area (Å²) in [6, 6.07) is 9.29. The predicted octanol–water partition coefficient (Wildman–Crippen LogP) is 1.44. The van der Waals surface area contributed by atoms with Crippen LogP contribution < -0.4 is 5.32 Å². The van der Waals surface area contributed by atoms with Crippen LogP contribution in [-0.2, 0) is 4.79 Å². The lowest BCUT2D eigenvalue weighted by atomic mass is 10.2. The third-order valence-electron chi connectivity index (χ3n) is 3.41. The van der Waals surface area contributed by atoms with Gasteiger partial charge in [0.15, 0.2) is 5.76 Å². The van der Waals surface area contributed by atoms with Gasteiger partial charge in [0.2, 0.25) is 11.7 Å². The van der Waals surface area contributed by atoms with Crippen molar-refractivity contribution in [2.45, 2.75) is 6.42 Å². The summed E-state index contributed by atoms with van der Waals surface area (Å²) >= 11 is 0. The molecule has 1 aromatic carbocycles. The van der Waals surface area contributed by atoms with Gasteiger partial charge in [0.1, 0.15) is 5.58 Å². The Morgan fingerprint density at radius 1 is 1.35 bits per heavy atom. The number of hydrogen-bond donors (Lipinski definition) is 1. The van der Waals surface area contributed by atoms with Gasteiger partial charge < -0.3 is 9.73 Å². The lowest BCUT2D eigenvalue weighted by molar-refractivity contribution is -0.121. The highest BCUT2D eigenvalue weighted by atomic mass is 16.3. The minimum Gasteiger partial charge on any atom is -0.453 e. The van der Waals surface area contributed by atoms with E-state index in [9.17, 15) is 9.59 Å². The first-order valence-electron chi connectivity index (χ1n) is 6.73. The monoisotopic (exact) mass is 272 g/mol. The smallest absolute Gasteiger partial charge is 0.234 e. The molecule has 0 aliphatic carbocycles. The Hall–Kier alpha value is -2.14. The van der Waals surface area contributed by atoms with Gasteiger partial charge in [-0.25, -0.2) is 0 Å². The predicted molar refractivity (Wildman–Crippen MR) is 74.6 cm³/mol. The molecule has 1 amide bonds. The highest BCUT2D eigenvalue weighted by Crippen LogP contribution is 2.19. The topological polar surface area (TPSA) is 62.6 Å². The first kappa shape index (κ1) is 12.9. The SMILES string of the molecule is O=C1CN(CC(=O)c2cc3ccccc3o2)CCCN1. The Kier molecular flexibility index (Phi) is 3.52. The number of fused-ring (bicyclic) bond motifs is 1. The highest BCUT2D eigenvalue weighted by Gasteiger charge is 2.20. The van der Waals surface area contributed by atoms with E-state index in [1.165, 1.54) is 0 Å². The van der Waals surface area contributed by atoms with Crippen molar-refractivity contribution in [3.05, 3.63) is 36.1 Å². The maximum Gasteiger partial charge on any atom is 0.234 e. The lowest BCUT2D eigenvalue weighted by Crippen LogP contribution is -2.36. The van der Waals surface area contributed by atoms with Gasteiger partial charge in [0.25, 0.3) is 0 Å². The fraction of sp³-hybridized carbons (Fsp3) is 0.333. The highest BCUT2D eigenvalue weighted by molar-refractivity contribution is 5.99. The molecule has 104 valence electrons. The van der Waals surface area contributed by atoms with Crippen molar-refractivity contribution in [1.29, 1.82) is 0 Å². The molecular weight excluding hydrogens is 256 g/mol. The number of benzene rings is 1. The Balaban J connectivity index is 1.73. The normalized spacial score (nSPS) is 16.9. The molecule has 0 spiro atoms. The molecule has 1 aliphatic heterocycles. The molecule has 1 fully saturated rings. The number of carbonyl (C=O) groups excluding carboxylic acids is 2. The lowest BCUT2D eigenvalue weighted by Gasteiger charge is -2.16. The maximum atomic E-state index is 12.2. The summed E-state index contributed by atoms with van der Waals surface area (Å²) in [6.07, 6.45) is 0.860. The van der Waals surface area contributed by atoms with Crippen molar-refractivity contribution in [3.63, 3.8) is 0 Å². The first-order chi connectivity index (χ1) is 9.72. The molecule has 1 saturated heterocycles. The van der Waals surface area contributed by atoms with Crippen molar-refractivity contribution in [2.24, 2.45) is 0 Å². The second-order valence-corrected chi connectivity index (χ2v) is 4.99. The van der Waals surface area contributed by atoms with Crippen molar-refractivity contribution in [2.75, 3.05) is 26.2 Å². The molecule has 1 aliphatic rings. The zero-order valence-electron chi connectivity index (χ0n) is 11.1. The van der Waals surface area contributed by atoms with Crippen LogP contribution in [0.3, 0.4) is 0 Å². The molecule has 0 bridgehead atoms. The minimum atomic E-state index is -0.0871. The van der Waals surface area contributed by atoms with E-state index in [0.717, 1.165) is 18.4 Å². The number of para-hydroxylation sites is 1. The van der Waals surface area contributed by atoms with Gasteiger partial charge in [0, 0.05) is 18.5 Å². The summed E-state index contributed by atoms with van der Waals surface area (Å²) in [5.41, 5.74) is 0.712. The number of Topliss-reactive ketones (excluding diaryl/α,β-unsaturated/α-hetero) is 1. The second kappa shape index (κ2) is 5.46. The van der Waals surface area contributed by atoms with Gasteiger partial charge in [-0.1, -0.05) is 18.2 Å². The van der Waals surface area contributed by atoms with Gasteiger partial charge in [-0.2, -0.15) is 0 Å². The van der Waals surface area contributed by atoms with Gasteiger partial charge in [-0.15, -0.1) is 0 Å². The molecule has 2 aromatic rings. The molecular formula is C15H16N2O3. The Labute approximate surface area is 116 Å².